The van der Waals surface area contributed by atoms with Gasteiger partial charge in [-0.05, 0) is 0 Å². The van der Waals surface area contributed by atoms with Crippen LogP contribution in [-0.2, 0) is 26.6 Å². The Morgan fingerprint density at radius 2 is 2.21 bits per heavy atom. The highest BCUT2D eigenvalue weighted by Gasteiger charge is 2.59. The number of ether oxygens (including phenoxy) is 1. The Bertz CT molecular complexity index is 733. The molecular weight excluding hydrogens is 336 g/mol. The maximum atomic E-state index is 12.7. The number of aryl methyl sites for hydroxylation is 1. The van der Waals surface area contributed by atoms with E-state index in [1.165, 1.54) is 21.4 Å². The van der Waals surface area contributed by atoms with E-state index in [-0.39, 0.29) is 23.9 Å². The molecule has 3 heterocycles. The molecule has 9 nitrogen and oxygen atoms in total. The van der Waals surface area contributed by atoms with Gasteiger partial charge in [0, 0.05) is 59.0 Å². The Morgan fingerprint density at radius 1 is 1.46 bits per heavy atom. The summed E-state index contributed by atoms with van der Waals surface area (Å²) in [5.74, 6) is -1.16. The van der Waals surface area contributed by atoms with Gasteiger partial charge in [-0.25, -0.2) is 8.42 Å². The summed E-state index contributed by atoms with van der Waals surface area (Å²) in [5.41, 5.74) is -1.05. The summed E-state index contributed by atoms with van der Waals surface area (Å²) in [7, 11) is -0.476. The lowest BCUT2D eigenvalue weighted by Crippen LogP contribution is -2.42. The molecule has 1 aromatic rings. The fraction of sp³-hybridized carbons (Fsp3) is 0.714. The van der Waals surface area contributed by atoms with Crippen LogP contribution in [0.3, 0.4) is 0 Å². The van der Waals surface area contributed by atoms with E-state index < -0.39 is 21.4 Å². The lowest BCUT2D eigenvalue weighted by atomic mass is 9.81. The Kier molecular flexibility index (Phi) is 4.41. The van der Waals surface area contributed by atoms with Gasteiger partial charge in [0.15, 0.2) is 0 Å². The van der Waals surface area contributed by atoms with Gasteiger partial charge < -0.3 is 9.84 Å². The van der Waals surface area contributed by atoms with Crippen molar-refractivity contribution in [2.75, 3.05) is 46.4 Å². The molecule has 1 aromatic heterocycles. The number of likely N-dealkylation sites (tertiary alicyclic amines) is 1. The maximum absolute atomic E-state index is 12.7. The molecule has 24 heavy (non-hydrogen) atoms. The first-order valence-corrected chi connectivity index (χ1v) is 9.17. The van der Waals surface area contributed by atoms with Crippen molar-refractivity contribution in [1.29, 1.82) is 0 Å². The van der Waals surface area contributed by atoms with E-state index in [1.54, 1.807) is 14.2 Å². The first-order chi connectivity index (χ1) is 11.3. The molecule has 0 aliphatic carbocycles. The number of methoxy groups -OCH3 is 1. The van der Waals surface area contributed by atoms with Crippen LogP contribution >= 0.6 is 0 Å². The number of carbonyl (C=O) groups is 1. The van der Waals surface area contributed by atoms with Gasteiger partial charge in [-0.15, -0.1) is 0 Å². The minimum atomic E-state index is -3.72. The zero-order chi connectivity index (χ0) is 17.5. The zero-order valence-electron chi connectivity index (χ0n) is 13.8. The lowest BCUT2D eigenvalue weighted by molar-refractivity contribution is -0.148. The summed E-state index contributed by atoms with van der Waals surface area (Å²) < 4.78 is 33.2. The average molecular weight is 358 g/mol. The highest BCUT2D eigenvalue weighted by molar-refractivity contribution is 7.89. The number of rotatable bonds is 6. The summed E-state index contributed by atoms with van der Waals surface area (Å²) in [4.78, 5) is 14.1. The third-order valence-electron chi connectivity index (χ3n) is 5.00. The predicted octanol–water partition coefficient (Wildman–Crippen LogP) is -0.926. The Balaban J connectivity index is 1.82. The average Bonchev–Trinajstić information content (AvgIpc) is 3.17. The van der Waals surface area contributed by atoms with E-state index in [0.29, 0.717) is 26.2 Å². The van der Waals surface area contributed by atoms with Crippen LogP contribution in [0, 0.1) is 11.3 Å². The second-order valence-corrected chi connectivity index (χ2v) is 8.47. The summed E-state index contributed by atoms with van der Waals surface area (Å²) in [6.45, 7) is 2.29. The van der Waals surface area contributed by atoms with Crippen molar-refractivity contribution >= 4 is 16.0 Å². The molecule has 2 saturated heterocycles. The van der Waals surface area contributed by atoms with Gasteiger partial charge in [0.2, 0.25) is 10.0 Å². The standard InChI is InChI=1S/C14H22N4O5S/c1-16-8-12(5-15-16)24(21,22)18-7-11-6-17(3-4-23-2)9-14(11,10-18)13(19)20/h5,8,11H,3-4,6-7,9-10H2,1-2H3,(H,19,20)/t11-,14-/m1/s1. The van der Waals surface area contributed by atoms with E-state index in [1.807, 2.05) is 4.90 Å². The molecule has 0 aromatic carbocycles. The number of aliphatic carboxylic acids is 1. The number of aromatic nitrogens is 2. The van der Waals surface area contributed by atoms with Crippen LogP contribution in [0.2, 0.25) is 0 Å². The third kappa shape index (κ3) is 2.73. The first kappa shape index (κ1) is 17.3. The van der Waals surface area contributed by atoms with Gasteiger partial charge >= 0.3 is 5.97 Å². The molecule has 134 valence electrons. The normalized spacial score (nSPS) is 28.3. The maximum Gasteiger partial charge on any atom is 0.312 e. The number of carboxylic acid groups (broad SMARTS) is 1. The summed E-state index contributed by atoms with van der Waals surface area (Å²) in [6.07, 6.45) is 2.73. The lowest BCUT2D eigenvalue weighted by Gasteiger charge is -2.24. The van der Waals surface area contributed by atoms with Gasteiger partial charge in [-0.1, -0.05) is 0 Å². The van der Waals surface area contributed by atoms with E-state index in [0.717, 1.165) is 0 Å². The number of carboxylic acids is 1. The Labute approximate surface area is 140 Å². The zero-order valence-corrected chi connectivity index (χ0v) is 14.6. The minimum absolute atomic E-state index is 0.00624. The van der Waals surface area contributed by atoms with Gasteiger partial charge in [-0.3, -0.25) is 14.4 Å². The van der Waals surface area contributed by atoms with Gasteiger partial charge in [0.05, 0.1) is 18.2 Å². The van der Waals surface area contributed by atoms with Crippen LogP contribution in [0.15, 0.2) is 17.3 Å². The topological polar surface area (TPSA) is 105 Å². The molecule has 2 aliphatic rings. The highest BCUT2D eigenvalue weighted by atomic mass is 32.2. The summed E-state index contributed by atoms with van der Waals surface area (Å²) in [5, 5.41) is 13.7. The monoisotopic (exact) mass is 358 g/mol. The van der Waals surface area contributed by atoms with Crippen molar-refractivity contribution in [3.05, 3.63) is 12.4 Å². The summed E-state index contributed by atoms with van der Waals surface area (Å²) in [6, 6.07) is 0. The largest absolute Gasteiger partial charge is 0.481 e. The van der Waals surface area contributed by atoms with Crippen molar-refractivity contribution in [2.45, 2.75) is 4.90 Å². The SMILES string of the molecule is COCCN1C[C@@H]2CN(S(=O)(=O)c3cnn(C)c3)C[C@]2(C(=O)O)C1. The van der Waals surface area contributed by atoms with Crippen LogP contribution in [0.1, 0.15) is 0 Å². The molecular formula is C14H22N4O5S. The van der Waals surface area contributed by atoms with Crippen LogP contribution in [-0.4, -0.2) is 84.9 Å². The van der Waals surface area contributed by atoms with E-state index >= 15 is 0 Å². The van der Waals surface area contributed by atoms with Gasteiger partial charge in [-0.2, -0.15) is 9.40 Å². The number of nitrogens with zero attached hydrogens (tertiary/aromatic N) is 4. The van der Waals surface area contributed by atoms with Crippen LogP contribution in [0.4, 0.5) is 0 Å². The number of hydrogen-bond donors (Lipinski definition) is 1. The second-order valence-electron chi connectivity index (χ2n) is 6.53. The van der Waals surface area contributed by atoms with Crippen molar-refractivity contribution < 1.29 is 23.1 Å². The first-order valence-electron chi connectivity index (χ1n) is 7.73. The molecule has 0 unspecified atom stereocenters. The molecule has 0 radical (unpaired) electrons. The minimum Gasteiger partial charge on any atom is -0.481 e. The van der Waals surface area contributed by atoms with Crippen LogP contribution in [0.5, 0.6) is 0 Å². The fourth-order valence-corrected chi connectivity index (χ4v) is 5.22. The molecule has 2 fully saturated rings. The third-order valence-corrected chi connectivity index (χ3v) is 6.77. The Hall–Kier alpha value is -1.49. The van der Waals surface area contributed by atoms with E-state index in [4.69, 9.17) is 4.74 Å². The smallest absolute Gasteiger partial charge is 0.312 e. The molecule has 0 spiro atoms. The molecule has 2 atom stereocenters. The molecule has 0 saturated carbocycles. The van der Waals surface area contributed by atoms with Crippen LogP contribution in [0.25, 0.3) is 0 Å². The van der Waals surface area contributed by atoms with Crippen LogP contribution < -0.4 is 0 Å². The molecule has 2 aliphatic heterocycles. The number of fused-ring (bicyclic) bond motifs is 1. The molecule has 0 bridgehead atoms. The number of sulfonamides is 1. The predicted molar refractivity (Wildman–Crippen MR) is 83.8 cm³/mol. The summed E-state index contributed by atoms with van der Waals surface area (Å²) >= 11 is 0. The van der Waals surface area contributed by atoms with Crippen molar-refractivity contribution in [1.82, 2.24) is 19.0 Å². The Morgan fingerprint density at radius 3 is 2.75 bits per heavy atom. The van der Waals surface area contributed by atoms with E-state index in [9.17, 15) is 18.3 Å². The molecule has 1 N–H and O–H groups in total. The van der Waals surface area contributed by atoms with Gasteiger partial charge in [0.1, 0.15) is 4.90 Å². The van der Waals surface area contributed by atoms with Gasteiger partial charge in [0.25, 0.3) is 0 Å². The van der Waals surface area contributed by atoms with Crippen molar-refractivity contribution in [3.8, 4) is 0 Å². The molecule has 3 rings (SSSR count). The molecule has 10 heteroatoms. The highest BCUT2D eigenvalue weighted by Crippen LogP contribution is 2.44. The molecule has 0 amide bonds. The quantitative estimate of drug-likeness (QED) is 0.701. The number of hydrogen-bond acceptors (Lipinski definition) is 6. The van der Waals surface area contributed by atoms with Crippen molar-refractivity contribution in [2.24, 2.45) is 18.4 Å². The van der Waals surface area contributed by atoms with E-state index in [2.05, 4.69) is 5.10 Å². The fourth-order valence-electron chi connectivity index (χ4n) is 3.68. The van der Waals surface area contributed by atoms with Crippen molar-refractivity contribution in [3.63, 3.8) is 0 Å². The second kappa shape index (κ2) is 6.10.